The zero-order valence-corrected chi connectivity index (χ0v) is 18.6. The molecule has 3 heterocycles. The summed E-state index contributed by atoms with van der Waals surface area (Å²) in [7, 11) is 0. The van der Waals surface area contributed by atoms with E-state index in [1.54, 1.807) is 19.9 Å². The van der Waals surface area contributed by atoms with Crippen molar-refractivity contribution in [3.05, 3.63) is 93.2 Å². The zero-order chi connectivity index (χ0) is 24.6. The Balaban J connectivity index is 1.92. The molecule has 0 bridgehead atoms. The van der Waals surface area contributed by atoms with Crippen LogP contribution in [0.15, 0.2) is 56.2 Å². The van der Waals surface area contributed by atoms with Gasteiger partial charge in [-0.3, -0.25) is 29.6 Å². The van der Waals surface area contributed by atoms with Crippen molar-refractivity contribution in [2.24, 2.45) is 4.99 Å². The normalized spacial score (nSPS) is 15.6. The third-order valence-corrected chi connectivity index (χ3v) is 5.96. The van der Waals surface area contributed by atoms with Crippen molar-refractivity contribution >= 4 is 40.7 Å². The highest BCUT2D eigenvalue weighted by molar-refractivity contribution is 7.07. The number of nitrogens with zero attached hydrogens (tertiary/aromatic N) is 4. The number of carbonyl (C=O) groups excluding carboxylic acids is 1. The Labute approximate surface area is 194 Å². The number of rotatable bonds is 6. The van der Waals surface area contributed by atoms with Crippen molar-refractivity contribution in [2.45, 2.75) is 19.9 Å². The molecular formula is C21H16N4O8S. The van der Waals surface area contributed by atoms with Gasteiger partial charge >= 0.3 is 11.9 Å². The molecule has 2 aromatic heterocycles. The summed E-state index contributed by atoms with van der Waals surface area (Å²) in [6, 6.07) is 7.23. The maximum atomic E-state index is 13.2. The van der Waals surface area contributed by atoms with E-state index < -0.39 is 33.3 Å². The summed E-state index contributed by atoms with van der Waals surface area (Å²) in [6.45, 7) is 3.23. The molecule has 1 atom stereocenters. The van der Waals surface area contributed by atoms with E-state index >= 15 is 0 Å². The van der Waals surface area contributed by atoms with Crippen LogP contribution in [0.2, 0.25) is 0 Å². The van der Waals surface area contributed by atoms with E-state index in [2.05, 4.69) is 4.99 Å². The number of nitro benzene ring substituents is 1. The van der Waals surface area contributed by atoms with Gasteiger partial charge in [-0.15, -0.1) is 0 Å². The Morgan fingerprint density at radius 3 is 2.68 bits per heavy atom. The highest BCUT2D eigenvalue weighted by atomic mass is 32.1. The average molecular weight is 484 g/mol. The molecule has 0 N–H and O–H groups in total. The van der Waals surface area contributed by atoms with Crippen LogP contribution in [0.4, 0.5) is 11.6 Å². The predicted molar refractivity (Wildman–Crippen MR) is 120 cm³/mol. The number of fused-ring (bicyclic) bond motifs is 1. The molecule has 0 saturated carbocycles. The van der Waals surface area contributed by atoms with Crippen LogP contribution in [0, 0.1) is 20.2 Å². The number of carbonyl (C=O) groups is 1. The van der Waals surface area contributed by atoms with Crippen LogP contribution in [-0.4, -0.2) is 27.0 Å². The molecule has 1 aromatic carbocycles. The first-order chi connectivity index (χ1) is 16.2. The van der Waals surface area contributed by atoms with E-state index in [0.29, 0.717) is 5.56 Å². The lowest BCUT2D eigenvalue weighted by atomic mass is 10.0. The van der Waals surface area contributed by atoms with E-state index in [0.717, 1.165) is 17.4 Å². The predicted octanol–water partition coefficient (Wildman–Crippen LogP) is 2.32. The van der Waals surface area contributed by atoms with Crippen molar-refractivity contribution in [2.75, 3.05) is 6.61 Å². The van der Waals surface area contributed by atoms with Gasteiger partial charge in [-0.1, -0.05) is 23.5 Å². The topological polar surface area (TPSA) is 160 Å². The van der Waals surface area contributed by atoms with Gasteiger partial charge in [0.1, 0.15) is 16.7 Å². The standard InChI is InChI=1S/C21H16N4O8S/c1-3-32-20(27)17-11(2)23-19(26)15(10-12-5-4-6-13(9-12)24(28)29)34-21(23)22-18(17)14-7-8-16(33-14)25(30)31/h4-10,18H,3H2,1-2H3/b15-10-/t18-/m1/s1. The van der Waals surface area contributed by atoms with Crippen molar-refractivity contribution < 1.29 is 23.8 Å². The molecule has 1 aliphatic rings. The number of non-ortho nitro benzene ring substituents is 1. The molecule has 12 nitrogen and oxygen atoms in total. The highest BCUT2D eigenvalue weighted by Crippen LogP contribution is 2.34. The summed E-state index contributed by atoms with van der Waals surface area (Å²) in [4.78, 5) is 51.5. The van der Waals surface area contributed by atoms with Gasteiger partial charge in [-0.2, -0.15) is 0 Å². The largest absolute Gasteiger partial charge is 0.463 e. The van der Waals surface area contributed by atoms with Crippen LogP contribution in [0.25, 0.3) is 11.8 Å². The Morgan fingerprint density at radius 2 is 2.03 bits per heavy atom. The second kappa shape index (κ2) is 8.86. The summed E-state index contributed by atoms with van der Waals surface area (Å²) in [5, 5.41) is 22.1. The Morgan fingerprint density at radius 1 is 1.26 bits per heavy atom. The van der Waals surface area contributed by atoms with Crippen LogP contribution in [0.5, 0.6) is 0 Å². The Kier molecular flexibility index (Phi) is 5.94. The minimum Gasteiger partial charge on any atom is -0.463 e. The van der Waals surface area contributed by atoms with Gasteiger partial charge in [0.2, 0.25) is 0 Å². The van der Waals surface area contributed by atoms with Crippen LogP contribution < -0.4 is 14.9 Å². The average Bonchev–Trinajstić information content (AvgIpc) is 3.39. The number of esters is 1. The van der Waals surface area contributed by atoms with Crippen LogP contribution in [-0.2, 0) is 9.53 Å². The molecule has 4 rings (SSSR count). The highest BCUT2D eigenvalue weighted by Gasteiger charge is 2.34. The molecule has 3 aromatic rings. The van der Waals surface area contributed by atoms with Gasteiger partial charge in [0, 0.05) is 17.8 Å². The third kappa shape index (κ3) is 4.03. The Hall–Kier alpha value is -4.39. The van der Waals surface area contributed by atoms with Crippen LogP contribution in [0.1, 0.15) is 31.2 Å². The monoisotopic (exact) mass is 484 g/mol. The fourth-order valence-electron chi connectivity index (χ4n) is 3.49. The number of benzene rings is 1. The molecule has 0 spiro atoms. The maximum Gasteiger partial charge on any atom is 0.433 e. The lowest BCUT2D eigenvalue weighted by Crippen LogP contribution is -2.35. The third-order valence-electron chi connectivity index (χ3n) is 4.98. The molecular weight excluding hydrogens is 468 g/mol. The van der Waals surface area contributed by atoms with Gasteiger partial charge in [-0.05, 0) is 31.6 Å². The summed E-state index contributed by atoms with van der Waals surface area (Å²) < 4.78 is 11.9. The molecule has 0 fully saturated rings. The minimum absolute atomic E-state index is 0.0143. The number of allylic oxidation sites excluding steroid dienone is 1. The number of ether oxygens (including phenoxy) is 1. The molecule has 0 unspecified atom stereocenters. The Bertz CT molecular complexity index is 1540. The summed E-state index contributed by atoms with van der Waals surface area (Å²) in [6.07, 6.45) is 1.49. The number of aromatic nitrogens is 1. The first kappa shape index (κ1) is 22.8. The molecule has 0 saturated heterocycles. The number of thiazole rings is 1. The van der Waals surface area contributed by atoms with Crippen molar-refractivity contribution in [1.29, 1.82) is 0 Å². The van der Waals surface area contributed by atoms with E-state index in [4.69, 9.17) is 9.15 Å². The SMILES string of the molecule is CCOC(=O)C1=C(C)n2c(s/c(=C\c3cccc([N+](=O)[O-])c3)c2=O)=N[C@@H]1c1ccc([N+](=O)[O-])o1. The fourth-order valence-corrected chi connectivity index (χ4v) is 4.53. The summed E-state index contributed by atoms with van der Waals surface area (Å²) in [5.74, 6) is -1.20. The van der Waals surface area contributed by atoms with E-state index in [1.807, 2.05) is 0 Å². The number of hydrogen-bond acceptors (Lipinski definition) is 10. The van der Waals surface area contributed by atoms with E-state index in [1.165, 1.54) is 34.9 Å². The molecule has 0 radical (unpaired) electrons. The molecule has 0 amide bonds. The quantitative estimate of drug-likeness (QED) is 0.293. The first-order valence-corrected chi connectivity index (χ1v) is 10.7. The molecule has 34 heavy (non-hydrogen) atoms. The number of furan rings is 1. The van der Waals surface area contributed by atoms with Gasteiger partial charge in [0.25, 0.3) is 11.2 Å². The first-order valence-electron chi connectivity index (χ1n) is 9.89. The van der Waals surface area contributed by atoms with Crippen molar-refractivity contribution in [3.63, 3.8) is 0 Å². The minimum atomic E-state index is -1.06. The second-order valence-corrected chi connectivity index (χ2v) is 8.08. The van der Waals surface area contributed by atoms with Gasteiger partial charge in [0.05, 0.1) is 27.7 Å². The van der Waals surface area contributed by atoms with E-state index in [9.17, 15) is 29.8 Å². The van der Waals surface area contributed by atoms with Crippen molar-refractivity contribution in [3.8, 4) is 0 Å². The van der Waals surface area contributed by atoms with Crippen LogP contribution >= 0.6 is 11.3 Å². The van der Waals surface area contributed by atoms with Gasteiger partial charge < -0.3 is 9.15 Å². The van der Waals surface area contributed by atoms with Gasteiger partial charge in [0.15, 0.2) is 4.80 Å². The number of nitro groups is 2. The zero-order valence-electron chi connectivity index (χ0n) is 17.8. The smallest absolute Gasteiger partial charge is 0.433 e. The lowest BCUT2D eigenvalue weighted by Gasteiger charge is -2.20. The van der Waals surface area contributed by atoms with Crippen molar-refractivity contribution in [1.82, 2.24) is 4.57 Å². The number of hydrogen-bond donors (Lipinski definition) is 0. The molecule has 13 heteroatoms. The fraction of sp³-hybridized carbons (Fsp3) is 0.190. The summed E-state index contributed by atoms with van der Waals surface area (Å²) in [5.41, 5.74) is 0.0993. The lowest BCUT2D eigenvalue weighted by molar-refractivity contribution is -0.402. The molecule has 1 aliphatic heterocycles. The van der Waals surface area contributed by atoms with Gasteiger partial charge in [-0.25, -0.2) is 9.79 Å². The molecule has 0 aliphatic carbocycles. The second-order valence-electron chi connectivity index (χ2n) is 7.07. The molecule has 174 valence electrons. The van der Waals surface area contributed by atoms with E-state index in [-0.39, 0.29) is 38.7 Å². The van der Waals surface area contributed by atoms with Crippen LogP contribution in [0.3, 0.4) is 0 Å². The maximum absolute atomic E-state index is 13.2. The summed E-state index contributed by atoms with van der Waals surface area (Å²) >= 11 is 1.01.